The molecule has 1 aliphatic heterocycles. The zero-order chi connectivity index (χ0) is 21.0. The fraction of sp³-hybridized carbons (Fsp3) is 0.409. The van der Waals surface area contributed by atoms with Crippen LogP contribution in [0.3, 0.4) is 0 Å². The predicted molar refractivity (Wildman–Crippen MR) is 116 cm³/mol. The number of nitrogens with zero attached hydrogens (tertiary/aromatic N) is 3. The molecule has 154 valence electrons. The highest BCUT2D eigenvalue weighted by Crippen LogP contribution is 2.29. The quantitative estimate of drug-likeness (QED) is 0.594. The van der Waals surface area contributed by atoms with E-state index in [9.17, 15) is 14.9 Å². The van der Waals surface area contributed by atoms with Crippen LogP contribution in [0.4, 0.5) is 17.1 Å². The van der Waals surface area contributed by atoms with Gasteiger partial charge in [0, 0.05) is 37.9 Å². The van der Waals surface area contributed by atoms with Crippen LogP contribution in [0.25, 0.3) is 0 Å². The summed E-state index contributed by atoms with van der Waals surface area (Å²) in [5, 5.41) is 14.4. The second kappa shape index (κ2) is 9.05. The highest BCUT2D eigenvalue weighted by atomic mass is 16.6. The number of amides is 1. The molecule has 2 aromatic rings. The Morgan fingerprint density at radius 1 is 1.10 bits per heavy atom. The molecule has 7 nitrogen and oxygen atoms in total. The van der Waals surface area contributed by atoms with Crippen molar-refractivity contribution in [1.82, 2.24) is 4.90 Å². The second-order valence-electron chi connectivity index (χ2n) is 7.75. The Morgan fingerprint density at radius 3 is 2.45 bits per heavy atom. The van der Waals surface area contributed by atoms with E-state index in [4.69, 9.17) is 0 Å². The molecule has 2 aromatic carbocycles. The van der Waals surface area contributed by atoms with Crippen molar-refractivity contribution in [2.45, 2.75) is 26.7 Å². The minimum atomic E-state index is -0.344. The van der Waals surface area contributed by atoms with E-state index in [0.717, 1.165) is 16.8 Å². The molecule has 29 heavy (non-hydrogen) atoms. The molecule has 3 rings (SSSR count). The molecular weight excluding hydrogens is 368 g/mol. The first-order valence-corrected chi connectivity index (χ1v) is 9.97. The third-order valence-electron chi connectivity index (χ3n) is 5.35. The van der Waals surface area contributed by atoms with Gasteiger partial charge in [-0.15, -0.1) is 0 Å². The Hall–Kier alpha value is -2.93. The van der Waals surface area contributed by atoms with E-state index < -0.39 is 0 Å². The number of carbonyl (C=O) groups is 1. The highest BCUT2D eigenvalue weighted by Gasteiger charge is 2.24. The van der Waals surface area contributed by atoms with Gasteiger partial charge in [-0.25, -0.2) is 0 Å². The van der Waals surface area contributed by atoms with Crippen LogP contribution in [0.1, 0.15) is 30.9 Å². The summed E-state index contributed by atoms with van der Waals surface area (Å²) in [6, 6.07) is 12.9. The van der Waals surface area contributed by atoms with Crippen LogP contribution in [-0.2, 0) is 4.79 Å². The van der Waals surface area contributed by atoms with E-state index in [2.05, 4.69) is 30.1 Å². The SMILES string of the molecule is Cc1cccc(C(C)C)c1NC(=O)CN1CCN(c2ccccc2[N+](=O)[O-])CC1. The summed E-state index contributed by atoms with van der Waals surface area (Å²) >= 11 is 0. The van der Waals surface area contributed by atoms with Crippen LogP contribution in [0, 0.1) is 17.0 Å². The third kappa shape index (κ3) is 4.92. The lowest BCUT2D eigenvalue weighted by molar-refractivity contribution is -0.384. The molecule has 0 aliphatic carbocycles. The molecule has 1 amide bonds. The molecular formula is C22H28N4O3. The first kappa shape index (κ1) is 20.8. The number of piperazine rings is 1. The fourth-order valence-electron chi connectivity index (χ4n) is 3.76. The summed E-state index contributed by atoms with van der Waals surface area (Å²) < 4.78 is 0. The number of para-hydroxylation sites is 3. The van der Waals surface area contributed by atoms with Crippen LogP contribution in [0.2, 0.25) is 0 Å². The van der Waals surface area contributed by atoms with Crippen LogP contribution < -0.4 is 10.2 Å². The lowest BCUT2D eigenvalue weighted by Crippen LogP contribution is -2.48. The fourth-order valence-corrected chi connectivity index (χ4v) is 3.76. The summed E-state index contributed by atoms with van der Waals surface area (Å²) in [4.78, 5) is 27.7. The first-order valence-electron chi connectivity index (χ1n) is 9.97. The Bertz CT molecular complexity index is 889. The topological polar surface area (TPSA) is 78.7 Å². The molecule has 0 saturated carbocycles. The maximum Gasteiger partial charge on any atom is 0.292 e. The zero-order valence-electron chi connectivity index (χ0n) is 17.2. The normalized spacial score (nSPS) is 14.8. The standard InChI is InChI=1S/C22H28N4O3/c1-16(2)18-8-6-7-17(3)22(18)23-21(27)15-24-11-13-25(14-12-24)19-9-4-5-10-20(19)26(28)29/h4-10,16H,11-15H2,1-3H3,(H,23,27). The molecule has 1 fully saturated rings. The van der Waals surface area contributed by atoms with Crippen LogP contribution in [-0.4, -0.2) is 48.5 Å². The van der Waals surface area contributed by atoms with Crippen molar-refractivity contribution in [3.63, 3.8) is 0 Å². The van der Waals surface area contributed by atoms with Gasteiger partial charge in [0.1, 0.15) is 5.69 Å². The van der Waals surface area contributed by atoms with E-state index in [1.165, 1.54) is 6.07 Å². The number of hydrogen-bond donors (Lipinski definition) is 1. The van der Waals surface area contributed by atoms with Gasteiger partial charge in [-0.2, -0.15) is 0 Å². The molecule has 1 aliphatic rings. The molecule has 0 atom stereocenters. The molecule has 0 radical (unpaired) electrons. The van der Waals surface area contributed by atoms with E-state index >= 15 is 0 Å². The van der Waals surface area contributed by atoms with Crippen molar-refractivity contribution in [3.8, 4) is 0 Å². The molecule has 1 saturated heterocycles. The Kier molecular flexibility index (Phi) is 6.49. The van der Waals surface area contributed by atoms with Gasteiger partial charge in [0.15, 0.2) is 0 Å². The lowest BCUT2D eigenvalue weighted by Gasteiger charge is -2.35. The molecule has 0 unspecified atom stereocenters. The number of nitro groups is 1. The first-order chi connectivity index (χ1) is 13.9. The average Bonchev–Trinajstić information content (AvgIpc) is 2.70. The largest absolute Gasteiger partial charge is 0.363 e. The monoisotopic (exact) mass is 396 g/mol. The van der Waals surface area contributed by atoms with Gasteiger partial charge >= 0.3 is 0 Å². The minimum absolute atomic E-state index is 0.0275. The Balaban J connectivity index is 1.59. The number of carbonyl (C=O) groups excluding carboxylic acids is 1. The van der Waals surface area contributed by atoms with Gasteiger partial charge in [0.2, 0.25) is 5.91 Å². The third-order valence-corrected chi connectivity index (χ3v) is 5.35. The zero-order valence-corrected chi connectivity index (χ0v) is 17.2. The van der Waals surface area contributed by atoms with Crippen LogP contribution >= 0.6 is 0 Å². The summed E-state index contributed by atoms with van der Waals surface area (Å²) in [5.74, 6) is 0.302. The van der Waals surface area contributed by atoms with Crippen molar-refractivity contribution in [3.05, 3.63) is 63.7 Å². The maximum atomic E-state index is 12.6. The average molecular weight is 396 g/mol. The molecule has 1 N–H and O–H groups in total. The van der Waals surface area contributed by atoms with Gasteiger partial charge in [-0.1, -0.05) is 44.2 Å². The molecule has 7 heteroatoms. The number of hydrogen-bond acceptors (Lipinski definition) is 5. The highest BCUT2D eigenvalue weighted by molar-refractivity contribution is 5.94. The van der Waals surface area contributed by atoms with E-state index in [1.54, 1.807) is 12.1 Å². The lowest BCUT2D eigenvalue weighted by atomic mass is 9.98. The summed E-state index contributed by atoms with van der Waals surface area (Å²) in [5.41, 5.74) is 3.87. The minimum Gasteiger partial charge on any atom is -0.363 e. The Labute approximate surface area is 171 Å². The van der Waals surface area contributed by atoms with Gasteiger partial charge < -0.3 is 10.2 Å². The molecule has 1 heterocycles. The predicted octanol–water partition coefficient (Wildman–Crippen LogP) is 3.79. The summed E-state index contributed by atoms with van der Waals surface area (Å²) in [7, 11) is 0. The van der Waals surface area contributed by atoms with Gasteiger partial charge in [-0.3, -0.25) is 19.8 Å². The number of nitrogens with one attached hydrogen (secondary N) is 1. The second-order valence-corrected chi connectivity index (χ2v) is 7.75. The van der Waals surface area contributed by atoms with Crippen LogP contribution in [0.15, 0.2) is 42.5 Å². The summed E-state index contributed by atoms with van der Waals surface area (Å²) in [6.07, 6.45) is 0. The Morgan fingerprint density at radius 2 is 1.79 bits per heavy atom. The van der Waals surface area contributed by atoms with Gasteiger partial charge in [0.05, 0.1) is 11.5 Å². The maximum absolute atomic E-state index is 12.6. The van der Waals surface area contributed by atoms with Crippen molar-refractivity contribution in [2.24, 2.45) is 0 Å². The van der Waals surface area contributed by atoms with Gasteiger partial charge in [0.25, 0.3) is 5.69 Å². The van der Waals surface area contributed by atoms with Gasteiger partial charge in [-0.05, 0) is 30.0 Å². The summed E-state index contributed by atoms with van der Waals surface area (Å²) in [6.45, 7) is 9.23. The van der Waals surface area contributed by atoms with Crippen LogP contribution in [0.5, 0.6) is 0 Å². The molecule has 0 bridgehead atoms. The van der Waals surface area contributed by atoms with Crippen molar-refractivity contribution >= 4 is 23.0 Å². The van der Waals surface area contributed by atoms with E-state index in [0.29, 0.717) is 44.3 Å². The number of rotatable bonds is 6. The smallest absolute Gasteiger partial charge is 0.292 e. The molecule has 0 spiro atoms. The number of benzene rings is 2. The van der Waals surface area contributed by atoms with Crippen molar-refractivity contribution in [2.75, 3.05) is 42.9 Å². The number of aryl methyl sites for hydroxylation is 1. The molecule has 0 aromatic heterocycles. The number of nitro benzene ring substituents is 1. The van der Waals surface area contributed by atoms with E-state index in [-0.39, 0.29) is 16.5 Å². The van der Waals surface area contributed by atoms with Crippen molar-refractivity contribution < 1.29 is 9.72 Å². The van der Waals surface area contributed by atoms with E-state index in [1.807, 2.05) is 30.0 Å². The van der Waals surface area contributed by atoms with Crippen molar-refractivity contribution in [1.29, 1.82) is 0 Å². The number of anilines is 2.